The Balaban J connectivity index is 4.14. The minimum Gasteiger partial charge on any atom is -0.462 e. The summed E-state index contributed by atoms with van der Waals surface area (Å²) in [6, 6.07) is 0. The molecule has 0 aliphatic rings. The molecule has 0 rings (SSSR count). The van der Waals surface area contributed by atoms with Crippen LogP contribution in [0.2, 0.25) is 0 Å². The van der Waals surface area contributed by atoms with Crippen LogP contribution in [0, 0.1) is 0 Å². The third-order valence-corrected chi connectivity index (χ3v) is 12.5. The number of hydrogen-bond donors (Lipinski definition) is 0. The average molecular weight is 938 g/mol. The number of unbranched alkanes of at least 4 members (excludes halogenated alkanes) is 31. The molecule has 0 aromatic rings. The minimum absolute atomic E-state index is 0.0740. The second-order valence-corrected chi connectivity index (χ2v) is 19.2. The highest BCUT2D eigenvalue weighted by atomic mass is 16.6. The van der Waals surface area contributed by atoms with Crippen molar-refractivity contribution in [3.63, 3.8) is 0 Å². The summed E-state index contributed by atoms with van der Waals surface area (Å²) in [7, 11) is 0. The summed E-state index contributed by atoms with van der Waals surface area (Å²) in [5.74, 6) is -0.876. The lowest BCUT2D eigenvalue weighted by Crippen LogP contribution is -2.30. The van der Waals surface area contributed by atoms with Crippen molar-refractivity contribution in [1.82, 2.24) is 0 Å². The first-order chi connectivity index (χ1) is 33.0. The van der Waals surface area contributed by atoms with E-state index in [1.165, 1.54) is 154 Å². The Bertz CT molecular complexity index is 1210. The van der Waals surface area contributed by atoms with E-state index in [0.717, 1.165) is 96.3 Å². The molecule has 6 nitrogen and oxygen atoms in total. The van der Waals surface area contributed by atoms with E-state index in [4.69, 9.17) is 14.2 Å². The topological polar surface area (TPSA) is 78.9 Å². The summed E-state index contributed by atoms with van der Waals surface area (Å²) in [6.45, 7) is 6.49. The third kappa shape index (κ3) is 53.9. The highest BCUT2D eigenvalue weighted by Gasteiger charge is 2.19. The van der Waals surface area contributed by atoms with E-state index in [1.807, 2.05) is 0 Å². The molecule has 388 valence electrons. The Labute approximate surface area is 415 Å². The van der Waals surface area contributed by atoms with Crippen LogP contribution in [-0.2, 0) is 28.6 Å². The fourth-order valence-electron chi connectivity index (χ4n) is 8.18. The summed E-state index contributed by atoms with van der Waals surface area (Å²) in [5.41, 5.74) is 0. The van der Waals surface area contributed by atoms with Gasteiger partial charge in [0.15, 0.2) is 6.10 Å². The molecule has 0 fully saturated rings. The maximum atomic E-state index is 12.8. The highest BCUT2D eigenvalue weighted by Crippen LogP contribution is 2.16. The molecule has 6 heteroatoms. The van der Waals surface area contributed by atoms with Crippen LogP contribution in [0.3, 0.4) is 0 Å². The van der Waals surface area contributed by atoms with Gasteiger partial charge in [-0.15, -0.1) is 0 Å². The van der Waals surface area contributed by atoms with E-state index in [1.54, 1.807) is 0 Å². The molecule has 1 atom stereocenters. The molecular formula is C61H108O6. The van der Waals surface area contributed by atoms with Crippen molar-refractivity contribution in [2.75, 3.05) is 13.2 Å². The number of allylic oxidation sites excluding steroid dienone is 10. The van der Waals surface area contributed by atoms with Crippen LogP contribution < -0.4 is 0 Å². The van der Waals surface area contributed by atoms with Crippen LogP contribution in [0.25, 0.3) is 0 Å². The lowest BCUT2D eigenvalue weighted by atomic mass is 10.0. The number of carbonyl (C=O) groups is 3. The quantitative estimate of drug-likeness (QED) is 0.0262. The van der Waals surface area contributed by atoms with Crippen LogP contribution in [0.15, 0.2) is 60.8 Å². The fourth-order valence-corrected chi connectivity index (χ4v) is 8.18. The van der Waals surface area contributed by atoms with E-state index in [9.17, 15) is 14.4 Å². The molecule has 0 bridgehead atoms. The predicted octanol–water partition coefficient (Wildman–Crippen LogP) is 19.2. The largest absolute Gasteiger partial charge is 0.462 e. The molecule has 0 aromatic heterocycles. The van der Waals surface area contributed by atoms with Crippen molar-refractivity contribution in [2.45, 2.75) is 297 Å². The number of hydrogen-bond acceptors (Lipinski definition) is 6. The van der Waals surface area contributed by atoms with Crippen LogP contribution in [-0.4, -0.2) is 37.2 Å². The van der Waals surface area contributed by atoms with Gasteiger partial charge in [-0.3, -0.25) is 14.4 Å². The van der Waals surface area contributed by atoms with Crippen LogP contribution in [0.4, 0.5) is 0 Å². The normalized spacial score (nSPS) is 12.5. The van der Waals surface area contributed by atoms with Crippen molar-refractivity contribution in [3.8, 4) is 0 Å². The van der Waals surface area contributed by atoms with Gasteiger partial charge in [0, 0.05) is 19.3 Å². The zero-order valence-corrected chi connectivity index (χ0v) is 44.4. The average Bonchev–Trinajstić information content (AvgIpc) is 3.33. The first-order valence-electron chi connectivity index (χ1n) is 28.8. The van der Waals surface area contributed by atoms with Gasteiger partial charge in [0.25, 0.3) is 0 Å². The zero-order chi connectivity index (χ0) is 48.6. The van der Waals surface area contributed by atoms with Gasteiger partial charge in [-0.1, -0.05) is 255 Å². The molecule has 0 aliphatic heterocycles. The maximum Gasteiger partial charge on any atom is 0.306 e. The predicted molar refractivity (Wildman–Crippen MR) is 288 cm³/mol. The SMILES string of the molecule is CC/C=C\C/C=C\C/C=C\C/C=C\CCCCCCCCCCCCCCCCC(=O)OCC(COC(=O)CCCCCCCCCCCCC)OC(=O)CCCCCCC/C=C\CCCC. The maximum absolute atomic E-state index is 12.8. The number of rotatable bonds is 52. The molecular weight excluding hydrogens is 829 g/mol. The smallest absolute Gasteiger partial charge is 0.306 e. The summed E-state index contributed by atoms with van der Waals surface area (Å²) in [4.78, 5) is 38.0. The summed E-state index contributed by atoms with van der Waals surface area (Å²) < 4.78 is 16.8. The van der Waals surface area contributed by atoms with Crippen molar-refractivity contribution in [3.05, 3.63) is 60.8 Å². The second-order valence-electron chi connectivity index (χ2n) is 19.2. The van der Waals surface area contributed by atoms with Gasteiger partial charge in [-0.05, 0) is 77.0 Å². The van der Waals surface area contributed by atoms with E-state index in [2.05, 4.69) is 81.5 Å². The van der Waals surface area contributed by atoms with Gasteiger partial charge in [0.2, 0.25) is 0 Å². The van der Waals surface area contributed by atoms with Crippen LogP contribution in [0.5, 0.6) is 0 Å². The zero-order valence-electron chi connectivity index (χ0n) is 44.4. The molecule has 0 saturated carbocycles. The molecule has 0 aromatic carbocycles. The lowest BCUT2D eigenvalue weighted by Gasteiger charge is -2.18. The molecule has 0 spiro atoms. The molecule has 0 saturated heterocycles. The molecule has 0 N–H and O–H groups in total. The van der Waals surface area contributed by atoms with Gasteiger partial charge in [-0.2, -0.15) is 0 Å². The van der Waals surface area contributed by atoms with Crippen molar-refractivity contribution in [1.29, 1.82) is 0 Å². The Hall–Kier alpha value is -2.89. The van der Waals surface area contributed by atoms with E-state index in [0.29, 0.717) is 19.3 Å². The summed E-state index contributed by atoms with van der Waals surface area (Å²) in [5, 5.41) is 0. The van der Waals surface area contributed by atoms with Crippen LogP contribution >= 0.6 is 0 Å². The molecule has 0 amide bonds. The summed E-state index contributed by atoms with van der Waals surface area (Å²) in [6.07, 6.45) is 69.4. The molecule has 67 heavy (non-hydrogen) atoms. The van der Waals surface area contributed by atoms with Gasteiger partial charge < -0.3 is 14.2 Å². The Morgan fingerprint density at radius 2 is 0.597 bits per heavy atom. The van der Waals surface area contributed by atoms with Gasteiger partial charge in [-0.25, -0.2) is 0 Å². The summed E-state index contributed by atoms with van der Waals surface area (Å²) >= 11 is 0. The number of esters is 3. The molecule has 0 radical (unpaired) electrons. The Morgan fingerprint density at radius 3 is 0.970 bits per heavy atom. The van der Waals surface area contributed by atoms with Gasteiger partial charge in [0.05, 0.1) is 0 Å². The second kappa shape index (κ2) is 55.7. The fraction of sp³-hybridized carbons (Fsp3) is 0.787. The molecule has 0 heterocycles. The Morgan fingerprint density at radius 1 is 0.313 bits per heavy atom. The first kappa shape index (κ1) is 64.1. The van der Waals surface area contributed by atoms with Crippen molar-refractivity contribution >= 4 is 17.9 Å². The van der Waals surface area contributed by atoms with E-state index >= 15 is 0 Å². The number of carbonyl (C=O) groups excluding carboxylic acids is 3. The highest BCUT2D eigenvalue weighted by molar-refractivity contribution is 5.71. The van der Waals surface area contributed by atoms with Crippen LogP contribution in [0.1, 0.15) is 290 Å². The third-order valence-electron chi connectivity index (χ3n) is 12.5. The first-order valence-corrected chi connectivity index (χ1v) is 28.8. The van der Waals surface area contributed by atoms with Crippen molar-refractivity contribution < 1.29 is 28.6 Å². The van der Waals surface area contributed by atoms with E-state index < -0.39 is 6.10 Å². The Kier molecular flexibility index (Phi) is 53.3. The van der Waals surface area contributed by atoms with Gasteiger partial charge in [0.1, 0.15) is 13.2 Å². The standard InChI is InChI=1S/C61H108O6/c1-4-7-10-13-16-19-22-23-24-25-26-27-28-29-30-31-32-33-34-35-36-37-40-42-45-48-51-54-60(63)66-57-58(67-61(64)55-52-49-46-43-39-21-18-15-12-9-6-3)56-65-59(62)53-50-47-44-41-38-20-17-14-11-8-5-2/h7,10,15-16,18-19,23-24,26-27,58H,4-6,8-9,11-14,17,20-22,25,28-57H2,1-3H3/b10-7-,18-15-,19-16-,24-23-,27-26-. The number of ether oxygens (including phenoxy) is 3. The van der Waals surface area contributed by atoms with Gasteiger partial charge >= 0.3 is 17.9 Å². The minimum atomic E-state index is -0.774. The monoisotopic (exact) mass is 937 g/mol. The molecule has 0 aliphatic carbocycles. The molecule has 1 unspecified atom stereocenters. The van der Waals surface area contributed by atoms with Crippen molar-refractivity contribution in [2.24, 2.45) is 0 Å². The lowest BCUT2D eigenvalue weighted by molar-refractivity contribution is -0.167. The van der Waals surface area contributed by atoms with E-state index in [-0.39, 0.29) is 31.1 Å².